The lowest BCUT2D eigenvalue weighted by Gasteiger charge is -2.16. The van der Waals surface area contributed by atoms with Crippen molar-refractivity contribution < 1.29 is 19.1 Å². The van der Waals surface area contributed by atoms with Crippen LogP contribution < -0.4 is 10.6 Å². The molecule has 0 aliphatic rings. The fraction of sp³-hybridized carbons (Fsp3) is 0.261. The van der Waals surface area contributed by atoms with Crippen LogP contribution in [-0.4, -0.2) is 38.6 Å². The Kier molecular flexibility index (Phi) is 7.90. The molecule has 0 fully saturated rings. The van der Waals surface area contributed by atoms with Crippen molar-refractivity contribution >= 4 is 46.7 Å². The third-order valence-corrected chi connectivity index (χ3v) is 5.07. The molecule has 2 amide bonds. The third kappa shape index (κ3) is 5.92. The van der Waals surface area contributed by atoms with E-state index >= 15 is 0 Å². The molecule has 1 aromatic carbocycles. The van der Waals surface area contributed by atoms with E-state index < -0.39 is 11.9 Å². The first-order valence-electron chi connectivity index (χ1n) is 10.3. The van der Waals surface area contributed by atoms with E-state index in [1.54, 1.807) is 25.1 Å². The Balaban J connectivity index is 2.04. The first-order valence-corrected chi connectivity index (χ1v) is 11.1. The maximum Gasteiger partial charge on any atom is 0.303 e. The van der Waals surface area contributed by atoms with Crippen LogP contribution >= 0.6 is 23.2 Å². The lowest BCUT2D eigenvalue weighted by atomic mass is 10.1. The van der Waals surface area contributed by atoms with Crippen molar-refractivity contribution in [3.63, 3.8) is 0 Å². The lowest BCUT2D eigenvalue weighted by Crippen LogP contribution is -2.31. The maximum atomic E-state index is 13.4. The molecule has 0 radical (unpaired) electrons. The van der Waals surface area contributed by atoms with E-state index in [-0.39, 0.29) is 40.7 Å². The van der Waals surface area contributed by atoms with Crippen molar-refractivity contribution in [1.82, 2.24) is 20.1 Å². The van der Waals surface area contributed by atoms with Crippen LogP contribution in [0, 0.1) is 6.92 Å². The first-order chi connectivity index (χ1) is 16.1. The zero-order chi connectivity index (χ0) is 25.0. The number of anilines is 1. The van der Waals surface area contributed by atoms with Gasteiger partial charge in [-0.3, -0.25) is 14.4 Å². The van der Waals surface area contributed by atoms with E-state index in [2.05, 4.69) is 20.7 Å². The number of nitrogens with one attached hydrogen (secondary N) is 2. The number of carbonyl (C=O) groups is 3. The van der Waals surface area contributed by atoms with Crippen LogP contribution in [0.25, 0.3) is 5.82 Å². The summed E-state index contributed by atoms with van der Waals surface area (Å²) in [5, 5.41) is 10.5. The fourth-order valence-electron chi connectivity index (χ4n) is 3.14. The summed E-state index contributed by atoms with van der Waals surface area (Å²) < 4.78 is 6.27. The van der Waals surface area contributed by atoms with Crippen molar-refractivity contribution in [2.45, 2.75) is 40.3 Å². The van der Waals surface area contributed by atoms with Gasteiger partial charge in [-0.2, -0.15) is 5.10 Å². The number of pyridine rings is 1. The standard InChI is InChI=1S/C23H23Cl2N5O4/c1-12(2)27-22(32)17-9-15(24)8-13(3)20(17)28-23(33)19-10-16(11-34-14(4)31)29-30(19)21-18(25)6-5-7-26-21/h5-10,12H,11H2,1-4H3,(H,27,32)(H,28,33). The average Bonchev–Trinajstić information content (AvgIpc) is 3.18. The number of hydrogen-bond acceptors (Lipinski definition) is 6. The van der Waals surface area contributed by atoms with E-state index in [0.717, 1.165) is 0 Å². The Labute approximate surface area is 206 Å². The number of rotatable bonds is 7. The molecule has 9 nitrogen and oxygen atoms in total. The second kappa shape index (κ2) is 10.7. The van der Waals surface area contributed by atoms with Gasteiger partial charge in [0.25, 0.3) is 11.8 Å². The summed E-state index contributed by atoms with van der Waals surface area (Å²) in [5.74, 6) is -1.23. The summed E-state index contributed by atoms with van der Waals surface area (Å²) in [6.45, 7) is 6.51. The molecule has 0 unspecified atom stereocenters. The topological polar surface area (TPSA) is 115 Å². The predicted molar refractivity (Wildman–Crippen MR) is 129 cm³/mol. The minimum Gasteiger partial charge on any atom is -0.459 e. The zero-order valence-corrected chi connectivity index (χ0v) is 20.5. The molecule has 0 atom stereocenters. The molecule has 178 valence electrons. The number of amides is 2. The van der Waals surface area contributed by atoms with Crippen molar-refractivity contribution in [3.8, 4) is 5.82 Å². The van der Waals surface area contributed by atoms with Crippen LogP contribution in [0.1, 0.15) is 52.9 Å². The highest BCUT2D eigenvalue weighted by Crippen LogP contribution is 2.27. The SMILES string of the molecule is CC(=O)OCc1cc(C(=O)Nc2c(C)cc(Cl)cc2C(=O)NC(C)C)n(-c2ncccc2Cl)n1. The lowest BCUT2D eigenvalue weighted by molar-refractivity contribution is -0.142. The predicted octanol–water partition coefficient (Wildman–Crippen LogP) is 4.34. The second-order valence-corrected chi connectivity index (χ2v) is 8.59. The molecule has 34 heavy (non-hydrogen) atoms. The Bertz CT molecular complexity index is 1260. The maximum absolute atomic E-state index is 13.4. The number of hydrogen-bond donors (Lipinski definition) is 2. The molecule has 0 aliphatic carbocycles. The van der Waals surface area contributed by atoms with Crippen molar-refractivity contribution in [3.05, 3.63) is 69.1 Å². The van der Waals surface area contributed by atoms with Crippen LogP contribution in [0.3, 0.4) is 0 Å². The van der Waals surface area contributed by atoms with Gasteiger partial charge in [0.2, 0.25) is 0 Å². The molecule has 0 spiro atoms. The minimum atomic E-state index is -0.577. The zero-order valence-electron chi connectivity index (χ0n) is 19.0. The Morgan fingerprint density at radius 2 is 1.88 bits per heavy atom. The number of nitrogens with zero attached hydrogens (tertiary/aromatic N) is 3. The summed E-state index contributed by atoms with van der Waals surface area (Å²) in [6, 6.07) is 7.72. The van der Waals surface area contributed by atoms with Crippen LogP contribution in [0.15, 0.2) is 36.5 Å². The minimum absolute atomic E-state index is 0.0762. The van der Waals surface area contributed by atoms with Gasteiger partial charge < -0.3 is 15.4 Å². The highest BCUT2D eigenvalue weighted by atomic mass is 35.5. The highest BCUT2D eigenvalue weighted by Gasteiger charge is 2.23. The summed E-state index contributed by atoms with van der Waals surface area (Å²) in [5.41, 5.74) is 1.50. The van der Waals surface area contributed by atoms with Gasteiger partial charge in [-0.1, -0.05) is 23.2 Å². The quantitative estimate of drug-likeness (QED) is 0.463. The third-order valence-electron chi connectivity index (χ3n) is 4.56. The number of carbonyl (C=O) groups excluding carboxylic acids is 3. The molecule has 11 heteroatoms. The number of esters is 1. The average molecular weight is 504 g/mol. The van der Waals surface area contributed by atoms with Gasteiger partial charge in [0.05, 0.1) is 16.3 Å². The van der Waals surface area contributed by atoms with Crippen molar-refractivity contribution in [1.29, 1.82) is 0 Å². The van der Waals surface area contributed by atoms with Gasteiger partial charge in [-0.05, 0) is 56.7 Å². The van der Waals surface area contributed by atoms with Gasteiger partial charge in [0.15, 0.2) is 5.82 Å². The largest absolute Gasteiger partial charge is 0.459 e. The van der Waals surface area contributed by atoms with Crippen molar-refractivity contribution in [2.24, 2.45) is 0 Å². The summed E-state index contributed by atoms with van der Waals surface area (Å²) >= 11 is 12.5. The smallest absolute Gasteiger partial charge is 0.303 e. The number of aromatic nitrogens is 3. The molecular formula is C23H23Cl2N5O4. The number of ether oxygens (including phenoxy) is 1. The second-order valence-electron chi connectivity index (χ2n) is 7.75. The molecule has 0 saturated carbocycles. The molecule has 2 aromatic heterocycles. The Hall–Kier alpha value is -3.43. The normalized spacial score (nSPS) is 10.8. The van der Waals surface area contributed by atoms with E-state index in [1.165, 1.54) is 29.9 Å². The number of aryl methyl sites for hydroxylation is 1. The first kappa shape index (κ1) is 25.2. The summed E-state index contributed by atoms with van der Waals surface area (Å²) in [7, 11) is 0. The van der Waals surface area contributed by atoms with Crippen LogP contribution in [0.4, 0.5) is 5.69 Å². The molecule has 0 saturated heterocycles. The van der Waals surface area contributed by atoms with Crippen molar-refractivity contribution in [2.75, 3.05) is 5.32 Å². The molecule has 3 aromatic rings. The van der Waals surface area contributed by atoms with Gasteiger partial charge in [-0.15, -0.1) is 0 Å². The van der Waals surface area contributed by atoms with Gasteiger partial charge in [-0.25, -0.2) is 9.67 Å². The highest BCUT2D eigenvalue weighted by molar-refractivity contribution is 6.32. The van der Waals surface area contributed by atoms with Crippen LogP contribution in [-0.2, 0) is 16.1 Å². The number of benzene rings is 1. The van der Waals surface area contributed by atoms with E-state index in [1.807, 2.05) is 13.8 Å². The monoisotopic (exact) mass is 503 g/mol. The molecule has 3 rings (SSSR count). The van der Waals surface area contributed by atoms with Gasteiger partial charge in [0, 0.05) is 24.2 Å². The number of halogens is 2. The van der Waals surface area contributed by atoms with E-state index in [0.29, 0.717) is 22.0 Å². The van der Waals surface area contributed by atoms with Gasteiger partial charge >= 0.3 is 5.97 Å². The molecule has 0 bridgehead atoms. The molecule has 0 aliphatic heterocycles. The summed E-state index contributed by atoms with van der Waals surface area (Å²) in [4.78, 5) is 41.6. The molecular weight excluding hydrogens is 481 g/mol. The molecule has 2 N–H and O–H groups in total. The van der Waals surface area contributed by atoms with Crippen LogP contribution in [0.5, 0.6) is 0 Å². The summed E-state index contributed by atoms with van der Waals surface area (Å²) in [6.07, 6.45) is 1.51. The van der Waals surface area contributed by atoms with E-state index in [4.69, 9.17) is 27.9 Å². The Morgan fingerprint density at radius 3 is 2.53 bits per heavy atom. The van der Waals surface area contributed by atoms with Gasteiger partial charge in [0.1, 0.15) is 18.0 Å². The Morgan fingerprint density at radius 1 is 1.15 bits per heavy atom. The fourth-order valence-corrected chi connectivity index (χ4v) is 3.61. The van der Waals surface area contributed by atoms with E-state index in [9.17, 15) is 14.4 Å². The van der Waals surface area contributed by atoms with Crippen LogP contribution in [0.2, 0.25) is 10.0 Å². The molecule has 2 heterocycles.